The maximum Gasteiger partial charge on any atom is 0.247 e. The summed E-state index contributed by atoms with van der Waals surface area (Å²) < 4.78 is 5.92. The van der Waals surface area contributed by atoms with Crippen LogP contribution in [0.3, 0.4) is 0 Å². The number of amides is 2. The lowest BCUT2D eigenvalue weighted by atomic mass is 10.2. The fraction of sp³-hybridized carbons (Fsp3) is 0.222. The van der Waals surface area contributed by atoms with Gasteiger partial charge in [0, 0.05) is 6.42 Å². The summed E-state index contributed by atoms with van der Waals surface area (Å²) in [6.07, 6.45) is 0.908. The Bertz CT molecular complexity index is 743. The molecule has 0 aliphatic carbocycles. The number of aryl methyl sites for hydroxylation is 1. The van der Waals surface area contributed by atoms with E-state index in [0.29, 0.717) is 24.3 Å². The second-order valence-electron chi connectivity index (χ2n) is 5.51. The van der Waals surface area contributed by atoms with Gasteiger partial charge in [0.2, 0.25) is 11.8 Å². The van der Waals surface area contributed by atoms with E-state index in [1.807, 2.05) is 43.3 Å². The van der Waals surface area contributed by atoms with E-state index in [9.17, 15) is 9.59 Å². The molecule has 5 nitrogen and oxygen atoms in total. The first-order valence-corrected chi connectivity index (χ1v) is 7.56. The Hall–Kier alpha value is -2.82. The monoisotopic (exact) mass is 310 g/mol. The molecule has 1 unspecified atom stereocenters. The molecule has 1 heterocycles. The summed E-state index contributed by atoms with van der Waals surface area (Å²) in [4.78, 5) is 23.5. The SMILES string of the molecule is Cc1ccccc1Oc1ccccc1NC(=O)C1CCC(=O)N1. The number of carbonyl (C=O) groups excluding carboxylic acids is 2. The largest absolute Gasteiger partial charge is 0.455 e. The van der Waals surface area contributed by atoms with Gasteiger partial charge in [0.15, 0.2) is 5.75 Å². The van der Waals surface area contributed by atoms with Crippen LogP contribution in [0.2, 0.25) is 0 Å². The summed E-state index contributed by atoms with van der Waals surface area (Å²) in [5, 5.41) is 5.49. The number of hydrogen-bond donors (Lipinski definition) is 2. The topological polar surface area (TPSA) is 67.4 Å². The smallest absolute Gasteiger partial charge is 0.247 e. The van der Waals surface area contributed by atoms with Gasteiger partial charge in [-0.15, -0.1) is 0 Å². The summed E-state index contributed by atoms with van der Waals surface area (Å²) in [5.74, 6) is 0.995. The third kappa shape index (κ3) is 3.51. The lowest BCUT2D eigenvalue weighted by molar-refractivity contribution is -0.122. The minimum Gasteiger partial charge on any atom is -0.455 e. The summed E-state index contributed by atoms with van der Waals surface area (Å²) >= 11 is 0. The van der Waals surface area contributed by atoms with Crippen molar-refractivity contribution in [2.45, 2.75) is 25.8 Å². The highest BCUT2D eigenvalue weighted by Crippen LogP contribution is 2.31. The third-order valence-corrected chi connectivity index (χ3v) is 3.77. The Balaban J connectivity index is 1.77. The van der Waals surface area contributed by atoms with E-state index in [1.54, 1.807) is 12.1 Å². The van der Waals surface area contributed by atoms with Gasteiger partial charge in [0.25, 0.3) is 0 Å². The van der Waals surface area contributed by atoms with Crippen molar-refractivity contribution >= 4 is 17.5 Å². The van der Waals surface area contributed by atoms with Crippen molar-refractivity contribution in [3.8, 4) is 11.5 Å². The number of ether oxygens (including phenoxy) is 1. The molecule has 1 aliphatic rings. The third-order valence-electron chi connectivity index (χ3n) is 3.77. The molecule has 118 valence electrons. The molecule has 5 heteroatoms. The minimum atomic E-state index is -0.478. The van der Waals surface area contributed by atoms with Gasteiger partial charge < -0.3 is 15.4 Å². The van der Waals surface area contributed by atoms with Crippen molar-refractivity contribution in [1.29, 1.82) is 0 Å². The van der Waals surface area contributed by atoms with Crippen LogP contribution in [0, 0.1) is 6.92 Å². The Morgan fingerprint density at radius 3 is 2.52 bits per heavy atom. The van der Waals surface area contributed by atoms with E-state index >= 15 is 0 Å². The summed E-state index contributed by atoms with van der Waals surface area (Å²) in [5.41, 5.74) is 1.60. The van der Waals surface area contributed by atoms with Gasteiger partial charge in [0.05, 0.1) is 5.69 Å². The standard InChI is InChI=1S/C18H18N2O3/c1-12-6-2-4-8-15(12)23-16-9-5-3-7-13(16)20-18(22)14-10-11-17(21)19-14/h2-9,14H,10-11H2,1H3,(H,19,21)(H,20,22). The molecule has 1 saturated heterocycles. The molecule has 2 aromatic carbocycles. The Morgan fingerprint density at radius 1 is 1.13 bits per heavy atom. The Kier molecular flexibility index (Phi) is 4.28. The fourth-order valence-electron chi connectivity index (χ4n) is 2.48. The average molecular weight is 310 g/mol. The lowest BCUT2D eigenvalue weighted by Gasteiger charge is -2.15. The van der Waals surface area contributed by atoms with E-state index in [1.165, 1.54) is 0 Å². The molecule has 0 radical (unpaired) electrons. The number of anilines is 1. The van der Waals surface area contributed by atoms with Crippen molar-refractivity contribution in [2.24, 2.45) is 0 Å². The maximum atomic E-state index is 12.3. The molecule has 1 aliphatic heterocycles. The van der Waals surface area contributed by atoms with Gasteiger partial charge in [-0.3, -0.25) is 9.59 Å². The molecular formula is C18H18N2O3. The van der Waals surface area contributed by atoms with Crippen LogP contribution in [-0.2, 0) is 9.59 Å². The van der Waals surface area contributed by atoms with Crippen LogP contribution in [0.4, 0.5) is 5.69 Å². The van der Waals surface area contributed by atoms with Crippen LogP contribution in [0.15, 0.2) is 48.5 Å². The molecule has 23 heavy (non-hydrogen) atoms. The van der Waals surface area contributed by atoms with Crippen LogP contribution >= 0.6 is 0 Å². The highest BCUT2D eigenvalue weighted by Gasteiger charge is 2.27. The zero-order valence-corrected chi connectivity index (χ0v) is 12.8. The highest BCUT2D eigenvalue weighted by molar-refractivity contribution is 5.99. The lowest BCUT2D eigenvalue weighted by Crippen LogP contribution is -2.37. The number of rotatable bonds is 4. The van der Waals surface area contributed by atoms with Crippen molar-refractivity contribution in [1.82, 2.24) is 5.32 Å². The average Bonchev–Trinajstić information content (AvgIpc) is 2.98. The predicted molar refractivity (Wildman–Crippen MR) is 87.5 cm³/mol. The number of hydrogen-bond acceptors (Lipinski definition) is 3. The van der Waals surface area contributed by atoms with Crippen molar-refractivity contribution < 1.29 is 14.3 Å². The van der Waals surface area contributed by atoms with Crippen LogP contribution in [0.5, 0.6) is 11.5 Å². The molecule has 1 fully saturated rings. The molecule has 1 atom stereocenters. The molecule has 2 N–H and O–H groups in total. The van der Waals surface area contributed by atoms with Crippen LogP contribution in [0.1, 0.15) is 18.4 Å². The second-order valence-corrected chi connectivity index (χ2v) is 5.51. The van der Waals surface area contributed by atoms with E-state index in [2.05, 4.69) is 10.6 Å². The van der Waals surface area contributed by atoms with Gasteiger partial charge in [-0.2, -0.15) is 0 Å². The van der Waals surface area contributed by atoms with Crippen LogP contribution < -0.4 is 15.4 Å². The van der Waals surface area contributed by atoms with Crippen LogP contribution in [-0.4, -0.2) is 17.9 Å². The summed E-state index contributed by atoms with van der Waals surface area (Å²) in [7, 11) is 0. The first-order valence-electron chi connectivity index (χ1n) is 7.56. The highest BCUT2D eigenvalue weighted by atomic mass is 16.5. The second kappa shape index (κ2) is 6.52. The summed E-state index contributed by atoms with van der Waals surface area (Å²) in [6.45, 7) is 1.96. The molecule has 0 spiro atoms. The van der Waals surface area contributed by atoms with Gasteiger partial charge >= 0.3 is 0 Å². The van der Waals surface area contributed by atoms with Gasteiger partial charge in [0.1, 0.15) is 11.8 Å². The molecule has 0 aromatic heterocycles. The number of carbonyl (C=O) groups is 2. The Labute approximate surface area is 134 Å². The normalized spacial score (nSPS) is 16.7. The number of para-hydroxylation sites is 3. The molecule has 0 saturated carbocycles. The Morgan fingerprint density at radius 2 is 1.83 bits per heavy atom. The van der Waals surface area contributed by atoms with Crippen molar-refractivity contribution in [3.05, 3.63) is 54.1 Å². The number of benzene rings is 2. The maximum absolute atomic E-state index is 12.3. The molecule has 2 aromatic rings. The quantitative estimate of drug-likeness (QED) is 0.912. The zero-order chi connectivity index (χ0) is 16.2. The molecule has 0 bridgehead atoms. The van der Waals surface area contributed by atoms with Crippen LogP contribution in [0.25, 0.3) is 0 Å². The van der Waals surface area contributed by atoms with E-state index in [4.69, 9.17) is 4.74 Å². The molecule has 3 rings (SSSR count). The van der Waals surface area contributed by atoms with Gasteiger partial charge in [-0.25, -0.2) is 0 Å². The van der Waals surface area contributed by atoms with E-state index in [-0.39, 0.29) is 11.8 Å². The number of nitrogens with one attached hydrogen (secondary N) is 2. The summed E-state index contributed by atoms with van der Waals surface area (Å²) in [6, 6.07) is 14.5. The molecule has 2 amide bonds. The zero-order valence-electron chi connectivity index (χ0n) is 12.8. The first kappa shape index (κ1) is 15.1. The van der Waals surface area contributed by atoms with E-state index < -0.39 is 6.04 Å². The molecular weight excluding hydrogens is 292 g/mol. The predicted octanol–water partition coefficient (Wildman–Crippen LogP) is 3.00. The van der Waals surface area contributed by atoms with Gasteiger partial charge in [-0.1, -0.05) is 30.3 Å². The van der Waals surface area contributed by atoms with E-state index in [0.717, 1.165) is 11.3 Å². The minimum absolute atomic E-state index is 0.0883. The van der Waals surface area contributed by atoms with Gasteiger partial charge in [-0.05, 0) is 37.1 Å². The fourth-order valence-corrected chi connectivity index (χ4v) is 2.48. The van der Waals surface area contributed by atoms with Crippen molar-refractivity contribution in [2.75, 3.05) is 5.32 Å². The van der Waals surface area contributed by atoms with Crippen molar-refractivity contribution in [3.63, 3.8) is 0 Å². The first-order chi connectivity index (χ1) is 11.1.